The Morgan fingerprint density at radius 2 is 1.72 bits per heavy atom. The molecule has 1 amide bonds. The Morgan fingerprint density at radius 1 is 0.944 bits per heavy atom. The number of hydrogen-bond acceptors (Lipinski definition) is 2. The summed E-state index contributed by atoms with van der Waals surface area (Å²) < 4.78 is 0. The van der Waals surface area contributed by atoms with E-state index in [0.717, 1.165) is 29.7 Å². The molecule has 0 aromatic heterocycles. The largest absolute Gasteiger partial charge is 0.377 e. The number of fused-ring (bicyclic) bond motifs is 3. The predicted octanol–water partition coefficient (Wildman–Crippen LogP) is 6.93. The minimum atomic E-state index is -0.492. The van der Waals surface area contributed by atoms with Crippen molar-refractivity contribution in [1.29, 1.82) is 0 Å². The molecule has 1 N–H and O–H groups in total. The van der Waals surface area contributed by atoms with Crippen LogP contribution in [0.25, 0.3) is 16.8 Å². The minimum Gasteiger partial charge on any atom is -0.377 e. The van der Waals surface area contributed by atoms with Crippen molar-refractivity contribution in [1.82, 2.24) is 0 Å². The zero-order chi connectivity index (χ0) is 24.9. The highest BCUT2D eigenvalue weighted by Gasteiger charge is 2.50. The molecule has 0 fully saturated rings. The van der Waals surface area contributed by atoms with Crippen molar-refractivity contribution in [3.05, 3.63) is 113 Å². The molecule has 2 aliphatic rings. The van der Waals surface area contributed by atoms with Gasteiger partial charge < -0.3 is 10.2 Å². The number of amides is 1. The van der Waals surface area contributed by atoms with E-state index >= 15 is 0 Å². The maximum Gasteiger partial charge on any atom is 0.233 e. The minimum absolute atomic E-state index is 0.0589. The van der Waals surface area contributed by atoms with E-state index in [2.05, 4.69) is 109 Å². The van der Waals surface area contributed by atoms with Gasteiger partial charge in [-0.15, -0.1) is 11.6 Å². The SMILES string of the molecule is CN(C)c1ccc(CC2(C3C(=O)Nc4ccc(CCCl)cc43)C=Cc3ccccc32)c2ccccc12. The van der Waals surface area contributed by atoms with Gasteiger partial charge in [-0.1, -0.05) is 78.9 Å². The van der Waals surface area contributed by atoms with Crippen LogP contribution in [0.1, 0.15) is 33.7 Å². The molecule has 0 saturated carbocycles. The van der Waals surface area contributed by atoms with Crippen molar-refractivity contribution in [2.24, 2.45) is 0 Å². The second-order valence-electron chi connectivity index (χ2n) is 10.1. The van der Waals surface area contributed by atoms with Crippen LogP contribution >= 0.6 is 11.6 Å². The molecule has 36 heavy (non-hydrogen) atoms. The van der Waals surface area contributed by atoms with Crippen molar-refractivity contribution in [3.8, 4) is 0 Å². The molecule has 1 heterocycles. The zero-order valence-electron chi connectivity index (χ0n) is 20.6. The Morgan fingerprint density at radius 3 is 2.53 bits per heavy atom. The van der Waals surface area contributed by atoms with Gasteiger partial charge in [0.1, 0.15) is 0 Å². The van der Waals surface area contributed by atoms with Gasteiger partial charge in [0.25, 0.3) is 0 Å². The smallest absolute Gasteiger partial charge is 0.233 e. The lowest BCUT2D eigenvalue weighted by Gasteiger charge is -2.35. The summed E-state index contributed by atoms with van der Waals surface area (Å²) in [6, 6.07) is 27.8. The molecule has 0 spiro atoms. The average molecular weight is 493 g/mol. The first kappa shape index (κ1) is 22.9. The van der Waals surface area contributed by atoms with Crippen LogP contribution in [0.2, 0.25) is 0 Å². The highest BCUT2D eigenvalue weighted by atomic mass is 35.5. The van der Waals surface area contributed by atoms with Gasteiger partial charge in [0.05, 0.1) is 5.92 Å². The molecule has 2 unspecified atom stereocenters. The van der Waals surface area contributed by atoms with Crippen molar-refractivity contribution in [2.75, 3.05) is 30.2 Å². The molecule has 1 aliphatic heterocycles. The summed E-state index contributed by atoms with van der Waals surface area (Å²) >= 11 is 6.07. The standard InChI is InChI=1S/C32H29ClN2O/c1-35(2)29-14-12-23(24-8-4-5-9-25(24)29)20-32(17-15-22-7-3-6-10-27(22)32)30-26-19-21(16-18-33)11-13-28(26)34-31(30)36/h3-15,17,19,30H,16,18,20H2,1-2H3,(H,34,36). The summed E-state index contributed by atoms with van der Waals surface area (Å²) in [5, 5.41) is 5.64. The van der Waals surface area contributed by atoms with Gasteiger partial charge in [-0.05, 0) is 58.2 Å². The summed E-state index contributed by atoms with van der Waals surface area (Å²) in [7, 11) is 4.16. The fourth-order valence-electron chi connectivity index (χ4n) is 6.19. The topological polar surface area (TPSA) is 32.3 Å². The Kier molecular flexibility index (Phi) is 5.61. The van der Waals surface area contributed by atoms with Gasteiger partial charge in [0.2, 0.25) is 5.91 Å². The highest BCUT2D eigenvalue weighted by Crippen LogP contribution is 2.53. The summed E-state index contributed by atoms with van der Waals surface area (Å²) in [4.78, 5) is 15.9. The Bertz CT molecular complexity index is 1520. The van der Waals surface area contributed by atoms with Crippen LogP contribution in [0.3, 0.4) is 0 Å². The Hall–Kier alpha value is -3.56. The Labute approximate surface area is 217 Å². The fraction of sp³-hybridized carbons (Fsp3) is 0.219. The molecule has 6 rings (SSSR count). The molecular formula is C32H29ClN2O. The van der Waals surface area contributed by atoms with E-state index in [4.69, 9.17) is 11.6 Å². The van der Waals surface area contributed by atoms with Gasteiger partial charge in [0, 0.05) is 42.2 Å². The molecule has 2 atom stereocenters. The number of carbonyl (C=O) groups is 1. The Balaban J connectivity index is 1.56. The van der Waals surface area contributed by atoms with Crippen molar-refractivity contribution in [3.63, 3.8) is 0 Å². The highest BCUT2D eigenvalue weighted by molar-refractivity contribution is 6.18. The number of alkyl halides is 1. The fourth-order valence-corrected chi connectivity index (χ4v) is 6.41. The van der Waals surface area contributed by atoms with E-state index in [1.807, 2.05) is 6.07 Å². The van der Waals surface area contributed by atoms with Crippen LogP contribution in [0, 0.1) is 0 Å². The van der Waals surface area contributed by atoms with Gasteiger partial charge in [-0.25, -0.2) is 0 Å². The maximum absolute atomic E-state index is 13.7. The quantitative estimate of drug-likeness (QED) is 0.296. The molecule has 4 aromatic rings. The first-order valence-corrected chi connectivity index (χ1v) is 13.0. The molecule has 0 radical (unpaired) electrons. The summed E-state index contributed by atoms with van der Waals surface area (Å²) in [5.41, 5.74) is 7.49. The van der Waals surface area contributed by atoms with Crippen molar-refractivity contribution < 1.29 is 4.79 Å². The van der Waals surface area contributed by atoms with Gasteiger partial charge >= 0.3 is 0 Å². The number of aryl methyl sites for hydroxylation is 1. The van der Waals surface area contributed by atoms with E-state index in [0.29, 0.717) is 5.88 Å². The zero-order valence-corrected chi connectivity index (χ0v) is 21.3. The molecule has 1 aliphatic carbocycles. The third-order valence-corrected chi connectivity index (χ3v) is 8.01. The van der Waals surface area contributed by atoms with Crippen LogP contribution < -0.4 is 10.2 Å². The number of anilines is 2. The van der Waals surface area contributed by atoms with Crippen LogP contribution in [0.5, 0.6) is 0 Å². The second kappa shape index (κ2) is 8.83. The second-order valence-corrected chi connectivity index (χ2v) is 10.5. The van der Waals surface area contributed by atoms with E-state index in [-0.39, 0.29) is 11.8 Å². The number of rotatable bonds is 6. The number of halogens is 1. The number of allylic oxidation sites excluding steroid dienone is 1. The summed E-state index contributed by atoms with van der Waals surface area (Å²) in [6.07, 6.45) is 5.98. The van der Waals surface area contributed by atoms with Crippen molar-refractivity contribution in [2.45, 2.75) is 24.2 Å². The third-order valence-electron chi connectivity index (χ3n) is 7.82. The number of nitrogens with one attached hydrogen (secondary N) is 1. The van der Waals surface area contributed by atoms with E-state index in [9.17, 15) is 4.79 Å². The first-order valence-electron chi connectivity index (χ1n) is 12.5. The molecule has 0 saturated heterocycles. The summed E-state index contributed by atoms with van der Waals surface area (Å²) in [6.45, 7) is 0. The lowest BCUT2D eigenvalue weighted by Crippen LogP contribution is -2.37. The van der Waals surface area contributed by atoms with Gasteiger partial charge in [0.15, 0.2) is 0 Å². The normalized spacial score (nSPS) is 19.9. The van der Waals surface area contributed by atoms with Crippen molar-refractivity contribution >= 4 is 45.7 Å². The maximum atomic E-state index is 13.7. The molecule has 0 bridgehead atoms. The predicted molar refractivity (Wildman–Crippen MR) is 151 cm³/mol. The molecular weight excluding hydrogens is 464 g/mol. The number of carbonyl (C=O) groups excluding carboxylic acids is 1. The number of nitrogens with zero attached hydrogens (tertiary/aromatic N) is 1. The summed E-state index contributed by atoms with van der Waals surface area (Å²) in [5.74, 6) is 0.293. The molecule has 4 heteroatoms. The van der Waals surface area contributed by atoms with Gasteiger partial charge in [-0.3, -0.25) is 4.79 Å². The molecule has 180 valence electrons. The lowest BCUT2D eigenvalue weighted by atomic mass is 9.65. The monoisotopic (exact) mass is 492 g/mol. The first-order chi connectivity index (χ1) is 17.5. The third kappa shape index (κ3) is 3.53. The van der Waals surface area contributed by atoms with Gasteiger partial charge in [-0.2, -0.15) is 0 Å². The number of hydrogen-bond donors (Lipinski definition) is 1. The van der Waals surface area contributed by atoms with Crippen LogP contribution in [-0.2, 0) is 23.1 Å². The van der Waals surface area contributed by atoms with Crippen LogP contribution in [0.4, 0.5) is 11.4 Å². The van der Waals surface area contributed by atoms with Crippen LogP contribution in [-0.4, -0.2) is 25.9 Å². The van der Waals surface area contributed by atoms with E-state index < -0.39 is 5.41 Å². The lowest BCUT2D eigenvalue weighted by molar-refractivity contribution is -0.118. The van der Waals surface area contributed by atoms with Crippen LogP contribution in [0.15, 0.2) is 84.9 Å². The number of benzene rings is 4. The van der Waals surface area contributed by atoms with E-state index in [1.54, 1.807) is 0 Å². The van der Waals surface area contributed by atoms with E-state index in [1.165, 1.54) is 33.2 Å². The molecule has 3 nitrogen and oxygen atoms in total. The molecule has 4 aromatic carbocycles. The average Bonchev–Trinajstić information content (AvgIpc) is 3.41.